The Morgan fingerprint density at radius 1 is 1.21 bits per heavy atom. The van der Waals surface area contributed by atoms with Crippen LogP contribution >= 0.6 is 0 Å². The second-order valence-corrected chi connectivity index (χ2v) is 6.61. The molecule has 1 heterocycles. The first-order valence-electron chi connectivity index (χ1n) is 8.07. The van der Waals surface area contributed by atoms with Crippen LogP contribution in [0.25, 0.3) is 0 Å². The van der Waals surface area contributed by atoms with Gasteiger partial charge in [0, 0.05) is 18.9 Å². The molecule has 5 heteroatoms. The van der Waals surface area contributed by atoms with Gasteiger partial charge < -0.3 is 15.3 Å². The zero-order valence-electron chi connectivity index (χ0n) is 14.4. The van der Waals surface area contributed by atoms with Crippen LogP contribution in [0.3, 0.4) is 0 Å². The molecule has 0 aliphatic heterocycles. The van der Waals surface area contributed by atoms with Gasteiger partial charge in [0.15, 0.2) is 0 Å². The van der Waals surface area contributed by atoms with Crippen molar-refractivity contribution in [1.82, 2.24) is 15.2 Å². The number of nitrogens with one attached hydrogen (secondary N) is 1. The molecule has 0 radical (unpaired) electrons. The number of nitrogens with zero attached hydrogens (tertiary/aromatic N) is 2. The second-order valence-electron chi connectivity index (χ2n) is 6.61. The van der Waals surface area contributed by atoms with Gasteiger partial charge in [-0.3, -0.25) is 4.98 Å². The first-order valence-corrected chi connectivity index (χ1v) is 8.07. The van der Waals surface area contributed by atoms with Crippen molar-refractivity contribution in [3.63, 3.8) is 0 Å². The Balaban J connectivity index is 2.09. The first kappa shape index (κ1) is 17.9. The third-order valence-electron chi connectivity index (χ3n) is 3.63. The smallest absolute Gasteiger partial charge is 0.318 e. The van der Waals surface area contributed by atoms with E-state index in [2.05, 4.69) is 10.3 Å². The molecule has 2 amide bonds. The summed E-state index contributed by atoms with van der Waals surface area (Å²) in [5.74, 6) is 0. The average molecular weight is 327 g/mol. The Morgan fingerprint density at radius 3 is 2.42 bits per heavy atom. The van der Waals surface area contributed by atoms with E-state index >= 15 is 0 Å². The van der Waals surface area contributed by atoms with E-state index in [4.69, 9.17) is 0 Å². The molecule has 1 aromatic carbocycles. The Bertz CT molecular complexity index is 639. The summed E-state index contributed by atoms with van der Waals surface area (Å²) in [5, 5.41) is 13.1. The average Bonchev–Trinajstić information content (AvgIpc) is 2.54. The summed E-state index contributed by atoms with van der Waals surface area (Å²) in [6, 6.07) is 13.2. The SMILES string of the molecule is C[C@@H](NC(=O)N(Cc1ccccc1)CC(C)(C)O)c1ccncc1. The number of hydrogen-bond acceptors (Lipinski definition) is 3. The molecule has 0 saturated heterocycles. The van der Waals surface area contributed by atoms with Crippen molar-refractivity contribution in [2.75, 3.05) is 6.54 Å². The molecule has 2 N–H and O–H groups in total. The summed E-state index contributed by atoms with van der Waals surface area (Å²) in [6.45, 7) is 6.02. The molecule has 1 aromatic heterocycles. The molecule has 0 spiro atoms. The maximum Gasteiger partial charge on any atom is 0.318 e. The van der Waals surface area contributed by atoms with Gasteiger partial charge in [-0.15, -0.1) is 0 Å². The van der Waals surface area contributed by atoms with E-state index in [1.54, 1.807) is 31.1 Å². The van der Waals surface area contributed by atoms with Gasteiger partial charge >= 0.3 is 6.03 Å². The van der Waals surface area contributed by atoms with Gasteiger partial charge in [-0.05, 0) is 44.0 Å². The van der Waals surface area contributed by atoms with E-state index in [1.165, 1.54) is 0 Å². The van der Waals surface area contributed by atoms with Gasteiger partial charge in [0.05, 0.1) is 18.2 Å². The molecular weight excluding hydrogens is 302 g/mol. The molecule has 5 nitrogen and oxygen atoms in total. The monoisotopic (exact) mass is 327 g/mol. The Kier molecular flexibility index (Phi) is 5.93. The summed E-state index contributed by atoms with van der Waals surface area (Å²) in [5.41, 5.74) is 1.04. The van der Waals surface area contributed by atoms with Crippen LogP contribution in [0.1, 0.15) is 37.9 Å². The number of carbonyl (C=O) groups excluding carboxylic acids is 1. The van der Waals surface area contributed by atoms with Crippen LogP contribution in [0.4, 0.5) is 4.79 Å². The third kappa shape index (κ3) is 5.66. The van der Waals surface area contributed by atoms with Crippen molar-refractivity contribution >= 4 is 6.03 Å². The Labute approximate surface area is 143 Å². The molecule has 2 rings (SSSR count). The minimum Gasteiger partial charge on any atom is -0.389 e. The summed E-state index contributed by atoms with van der Waals surface area (Å²) >= 11 is 0. The van der Waals surface area contributed by atoms with Crippen LogP contribution in [-0.4, -0.2) is 33.2 Å². The number of pyridine rings is 1. The van der Waals surface area contributed by atoms with Crippen molar-refractivity contribution in [2.45, 2.75) is 39.0 Å². The molecule has 0 fully saturated rings. The molecule has 2 aromatic rings. The molecule has 0 aliphatic rings. The highest BCUT2D eigenvalue weighted by Crippen LogP contribution is 2.14. The van der Waals surface area contributed by atoms with Crippen LogP contribution < -0.4 is 5.32 Å². The van der Waals surface area contributed by atoms with Crippen LogP contribution in [0.5, 0.6) is 0 Å². The number of carbonyl (C=O) groups is 1. The minimum atomic E-state index is -0.966. The number of hydrogen-bond donors (Lipinski definition) is 2. The van der Waals surface area contributed by atoms with E-state index in [9.17, 15) is 9.90 Å². The molecule has 0 saturated carbocycles. The number of aromatic nitrogens is 1. The molecule has 128 valence electrons. The Hall–Kier alpha value is -2.40. The van der Waals surface area contributed by atoms with Crippen molar-refractivity contribution in [2.24, 2.45) is 0 Å². The van der Waals surface area contributed by atoms with E-state index in [1.807, 2.05) is 49.4 Å². The summed E-state index contributed by atoms with van der Waals surface area (Å²) < 4.78 is 0. The lowest BCUT2D eigenvalue weighted by Crippen LogP contribution is -2.47. The third-order valence-corrected chi connectivity index (χ3v) is 3.63. The standard InChI is InChI=1S/C19H25N3O2/c1-15(17-9-11-20-12-10-17)21-18(23)22(14-19(2,3)24)13-16-7-5-4-6-8-16/h4-12,15,24H,13-14H2,1-3H3,(H,21,23)/t15-/m1/s1. The van der Waals surface area contributed by atoms with Gasteiger partial charge in [-0.25, -0.2) is 4.79 Å². The molecule has 0 aliphatic carbocycles. The molecular formula is C19H25N3O2. The number of urea groups is 1. The molecule has 0 bridgehead atoms. The predicted octanol–water partition coefficient (Wildman–Crippen LogP) is 3.13. The second kappa shape index (κ2) is 7.93. The number of rotatable bonds is 6. The fraction of sp³-hybridized carbons (Fsp3) is 0.368. The fourth-order valence-electron chi connectivity index (χ4n) is 2.48. The zero-order chi connectivity index (χ0) is 17.6. The van der Waals surface area contributed by atoms with E-state index in [0.717, 1.165) is 11.1 Å². The van der Waals surface area contributed by atoms with Crippen molar-refractivity contribution in [3.05, 3.63) is 66.0 Å². The van der Waals surface area contributed by atoms with Crippen LogP contribution in [0.15, 0.2) is 54.9 Å². The van der Waals surface area contributed by atoms with Crippen LogP contribution in [0, 0.1) is 0 Å². The molecule has 24 heavy (non-hydrogen) atoms. The first-order chi connectivity index (χ1) is 11.3. The number of aliphatic hydroxyl groups is 1. The van der Waals surface area contributed by atoms with Gasteiger partial charge in [-0.2, -0.15) is 0 Å². The minimum absolute atomic E-state index is 0.138. The fourth-order valence-corrected chi connectivity index (χ4v) is 2.48. The highest BCUT2D eigenvalue weighted by Gasteiger charge is 2.23. The summed E-state index contributed by atoms with van der Waals surface area (Å²) in [6.07, 6.45) is 3.41. The van der Waals surface area contributed by atoms with E-state index in [-0.39, 0.29) is 18.6 Å². The molecule has 1 atom stereocenters. The highest BCUT2D eigenvalue weighted by atomic mass is 16.3. The highest BCUT2D eigenvalue weighted by molar-refractivity contribution is 5.74. The number of benzene rings is 1. The Morgan fingerprint density at radius 2 is 1.83 bits per heavy atom. The largest absolute Gasteiger partial charge is 0.389 e. The van der Waals surface area contributed by atoms with E-state index in [0.29, 0.717) is 6.54 Å². The van der Waals surface area contributed by atoms with Gasteiger partial charge in [0.2, 0.25) is 0 Å². The lowest BCUT2D eigenvalue weighted by Gasteiger charge is -2.30. The van der Waals surface area contributed by atoms with Crippen molar-refractivity contribution < 1.29 is 9.90 Å². The van der Waals surface area contributed by atoms with Crippen LogP contribution in [0.2, 0.25) is 0 Å². The maximum atomic E-state index is 12.7. The maximum absolute atomic E-state index is 12.7. The lowest BCUT2D eigenvalue weighted by molar-refractivity contribution is 0.0443. The van der Waals surface area contributed by atoms with Crippen molar-refractivity contribution in [3.8, 4) is 0 Å². The predicted molar refractivity (Wildman–Crippen MR) is 94.3 cm³/mol. The van der Waals surface area contributed by atoms with Crippen LogP contribution in [-0.2, 0) is 6.54 Å². The summed E-state index contributed by atoms with van der Waals surface area (Å²) in [4.78, 5) is 18.3. The van der Waals surface area contributed by atoms with E-state index < -0.39 is 5.60 Å². The molecule has 0 unspecified atom stereocenters. The topological polar surface area (TPSA) is 65.5 Å². The zero-order valence-corrected chi connectivity index (χ0v) is 14.4. The lowest BCUT2D eigenvalue weighted by atomic mass is 10.1. The van der Waals surface area contributed by atoms with Gasteiger partial charge in [0.25, 0.3) is 0 Å². The van der Waals surface area contributed by atoms with Gasteiger partial charge in [-0.1, -0.05) is 30.3 Å². The number of amides is 2. The normalized spacial score (nSPS) is 12.5. The summed E-state index contributed by atoms with van der Waals surface area (Å²) in [7, 11) is 0. The van der Waals surface area contributed by atoms with Gasteiger partial charge in [0.1, 0.15) is 0 Å². The quantitative estimate of drug-likeness (QED) is 0.857. The van der Waals surface area contributed by atoms with Crippen molar-refractivity contribution in [1.29, 1.82) is 0 Å².